The van der Waals surface area contributed by atoms with Gasteiger partial charge in [-0.1, -0.05) is 18.5 Å². The van der Waals surface area contributed by atoms with E-state index in [1.54, 1.807) is 0 Å². The van der Waals surface area contributed by atoms with Crippen LogP contribution in [-0.2, 0) is 12.6 Å². The normalized spacial score (nSPS) is 12.0. The van der Waals surface area contributed by atoms with Crippen molar-refractivity contribution in [3.63, 3.8) is 0 Å². The molecule has 0 spiro atoms. The van der Waals surface area contributed by atoms with Gasteiger partial charge in [0.1, 0.15) is 11.6 Å². The molecule has 1 aromatic heterocycles. The monoisotopic (exact) mass is 404 g/mol. The Morgan fingerprint density at radius 2 is 1.70 bits per heavy atom. The zero-order chi connectivity index (χ0) is 20.1. The summed E-state index contributed by atoms with van der Waals surface area (Å²) in [6.07, 6.45) is -5.03. The minimum Gasteiger partial charge on any atom is -0.307 e. The molecule has 142 valence electrons. The lowest BCUT2D eigenvalue weighted by atomic mass is 9.90. The van der Waals surface area contributed by atoms with Crippen LogP contribution in [0.5, 0.6) is 0 Å². The molecule has 4 nitrogen and oxygen atoms in total. The summed E-state index contributed by atoms with van der Waals surface area (Å²) < 4.78 is 68.9. The van der Waals surface area contributed by atoms with Crippen molar-refractivity contribution in [2.45, 2.75) is 19.5 Å². The van der Waals surface area contributed by atoms with Gasteiger partial charge in [0.05, 0.1) is 21.5 Å². The van der Waals surface area contributed by atoms with E-state index < -0.39 is 56.2 Å². The highest BCUT2D eigenvalue weighted by Gasteiger charge is 2.37. The summed E-state index contributed by atoms with van der Waals surface area (Å²) in [7, 11) is 0. The molecular weight excluding hydrogens is 395 g/mol. The number of rotatable bonds is 2. The Labute approximate surface area is 152 Å². The lowest BCUT2D eigenvalue weighted by molar-refractivity contribution is -0.137. The SMILES string of the molecule is CCc1c(-c2cc(Cl)c(F)cc2F)c(C(F)(F)F)cc2c(=O)[nH]c(=O)[nH]c12. The van der Waals surface area contributed by atoms with Crippen molar-refractivity contribution in [1.29, 1.82) is 0 Å². The second-order valence-corrected chi connectivity index (χ2v) is 6.11. The highest BCUT2D eigenvalue weighted by Crippen LogP contribution is 2.43. The summed E-state index contributed by atoms with van der Waals surface area (Å²) in [5.74, 6) is -2.39. The van der Waals surface area contributed by atoms with Crippen LogP contribution in [0.3, 0.4) is 0 Å². The van der Waals surface area contributed by atoms with Crippen LogP contribution in [0.25, 0.3) is 22.0 Å². The van der Waals surface area contributed by atoms with Crippen molar-refractivity contribution in [3.05, 3.63) is 66.8 Å². The van der Waals surface area contributed by atoms with Gasteiger partial charge in [-0.15, -0.1) is 0 Å². The Kier molecular flexibility index (Phi) is 4.59. The van der Waals surface area contributed by atoms with Crippen LogP contribution >= 0.6 is 11.6 Å². The molecule has 0 bridgehead atoms. The number of hydrogen-bond acceptors (Lipinski definition) is 2. The molecular formula is C17H10ClF5N2O2. The number of aromatic nitrogens is 2. The maximum absolute atomic E-state index is 14.4. The van der Waals surface area contributed by atoms with E-state index in [1.807, 2.05) is 4.98 Å². The number of benzene rings is 2. The lowest BCUT2D eigenvalue weighted by Gasteiger charge is -2.19. The summed E-state index contributed by atoms with van der Waals surface area (Å²) >= 11 is 5.63. The number of halogens is 6. The van der Waals surface area contributed by atoms with E-state index in [1.165, 1.54) is 6.92 Å². The zero-order valence-corrected chi connectivity index (χ0v) is 14.3. The third kappa shape index (κ3) is 3.23. The van der Waals surface area contributed by atoms with Crippen LogP contribution < -0.4 is 11.2 Å². The predicted octanol–water partition coefficient (Wildman–Crippen LogP) is 4.40. The standard InChI is InChI=1S/C17H10ClF5N2O2/c1-2-6-13(7-4-10(18)12(20)5-11(7)19)9(17(21,22)23)3-8-14(6)24-16(27)25-15(8)26/h3-5H,2H2,1H3,(H2,24,25,26,27). The van der Waals surface area contributed by atoms with Crippen molar-refractivity contribution < 1.29 is 22.0 Å². The molecule has 27 heavy (non-hydrogen) atoms. The maximum Gasteiger partial charge on any atom is 0.417 e. The molecule has 0 aliphatic rings. The zero-order valence-electron chi connectivity index (χ0n) is 13.5. The molecule has 0 radical (unpaired) electrons. The van der Waals surface area contributed by atoms with Gasteiger partial charge in [-0.25, -0.2) is 13.6 Å². The van der Waals surface area contributed by atoms with Gasteiger partial charge in [0.25, 0.3) is 5.56 Å². The topological polar surface area (TPSA) is 65.7 Å². The van der Waals surface area contributed by atoms with Crippen molar-refractivity contribution in [1.82, 2.24) is 9.97 Å². The van der Waals surface area contributed by atoms with Crippen molar-refractivity contribution in [2.24, 2.45) is 0 Å². The number of hydrogen-bond donors (Lipinski definition) is 2. The van der Waals surface area contributed by atoms with Gasteiger partial charge in [0, 0.05) is 17.2 Å². The molecule has 2 N–H and O–H groups in total. The first-order chi connectivity index (χ1) is 12.5. The van der Waals surface area contributed by atoms with Crippen LogP contribution in [0.2, 0.25) is 5.02 Å². The Morgan fingerprint density at radius 1 is 1.04 bits per heavy atom. The fourth-order valence-corrected chi connectivity index (χ4v) is 3.14. The highest BCUT2D eigenvalue weighted by molar-refractivity contribution is 6.31. The van der Waals surface area contributed by atoms with Crippen LogP contribution in [0.15, 0.2) is 27.8 Å². The number of fused-ring (bicyclic) bond motifs is 1. The average molecular weight is 405 g/mol. The van der Waals surface area contributed by atoms with E-state index in [9.17, 15) is 31.5 Å². The Morgan fingerprint density at radius 3 is 2.30 bits per heavy atom. The molecule has 0 saturated carbocycles. The van der Waals surface area contributed by atoms with Crippen LogP contribution in [0.4, 0.5) is 22.0 Å². The number of aryl methyl sites for hydroxylation is 1. The van der Waals surface area contributed by atoms with Gasteiger partial charge in [0.2, 0.25) is 0 Å². The molecule has 0 aliphatic heterocycles. The maximum atomic E-state index is 14.4. The third-order valence-electron chi connectivity index (χ3n) is 4.08. The summed E-state index contributed by atoms with van der Waals surface area (Å²) in [6.45, 7) is 1.47. The van der Waals surface area contributed by atoms with Crippen molar-refractivity contribution >= 4 is 22.5 Å². The van der Waals surface area contributed by atoms with Crippen molar-refractivity contribution in [3.8, 4) is 11.1 Å². The van der Waals surface area contributed by atoms with E-state index in [0.29, 0.717) is 12.1 Å². The average Bonchev–Trinajstić information content (AvgIpc) is 2.55. The first-order valence-electron chi connectivity index (χ1n) is 7.58. The molecule has 0 amide bonds. The molecule has 1 heterocycles. The second-order valence-electron chi connectivity index (χ2n) is 5.71. The van der Waals surface area contributed by atoms with Crippen LogP contribution in [0.1, 0.15) is 18.1 Å². The lowest BCUT2D eigenvalue weighted by Crippen LogP contribution is -2.24. The fourth-order valence-electron chi connectivity index (χ4n) is 2.97. The highest BCUT2D eigenvalue weighted by atomic mass is 35.5. The summed E-state index contributed by atoms with van der Waals surface area (Å²) in [5, 5.41) is -0.975. The quantitative estimate of drug-likeness (QED) is 0.491. The second kappa shape index (κ2) is 6.49. The van der Waals surface area contributed by atoms with E-state index in [-0.39, 0.29) is 17.5 Å². The molecule has 0 aliphatic carbocycles. The van der Waals surface area contributed by atoms with Gasteiger partial charge in [-0.3, -0.25) is 9.78 Å². The third-order valence-corrected chi connectivity index (χ3v) is 4.37. The largest absolute Gasteiger partial charge is 0.417 e. The number of nitrogens with one attached hydrogen (secondary N) is 2. The fraction of sp³-hybridized carbons (Fsp3) is 0.176. The van der Waals surface area contributed by atoms with Gasteiger partial charge < -0.3 is 4.98 Å². The Balaban J connectivity index is 2.60. The molecule has 3 rings (SSSR count). The molecule has 0 saturated heterocycles. The molecule has 0 unspecified atom stereocenters. The number of H-pyrrole nitrogens is 2. The molecule has 2 aromatic carbocycles. The Bertz CT molecular complexity index is 1180. The number of aromatic amines is 2. The molecule has 10 heteroatoms. The summed E-state index contributed by atoms with van der Waals surface area (Å²) in [4.78, 5) is 27.7. The Hall–Kier alpha value is -2.68. The van der Waals surface area contributed by atoms with E-state index in [4.69, 9.17) is 11.6 Å². The molecule has 0 atom stereocenters. The molecule has 3 aromatic rings. The predicted molar refractivity (Wildman–Crippen MR) is 89.9 cm³/mol. The minimum absolute atomic E-state index is 0.0798. The summed E-state index contributed by atoms with van der Waals surface area (Å²) in [5.41, 5.74) is -4.72. The van der Waals surface area contributed by atoms with Gasteiger partial charge >= 0.3 is 11.9 Å². The number of alkyl halides is 3. The smallest absolute Gasteiger partial charge is 0.307 e. The van der Waals surface area contributed by atoms with Crippen LogP contribution in [-0.4, -0.2) is 9.97 Å². The van der Waals surface area contributed by atoms with Gasteiger partial charge in [0.15, 0.2) is 0 Å². The first kappa shape index (κ1) is 19.1. The van der Waals surface area contributed by atoms with E-state index >= 15 is 0 Å². The van der Waals surface area contributed by atoms with E-state index in [2.05, 4.69) is 4.98 Å². The van der Waals surface area contributed by atoms with E-state index in [0.717, 1.165) is 6.07 Å². The van der Waals surface area contributed by atoms with Crippen molar-refractivity contribution in [2.75, 3.05) is 0 Å². The van der Waals surface area contributed by atoms with Gasteiger partial charge in [-0.2, -0.15) is 13.2 Å². The van der Waals surface area contributed by atoms with Crippen LogP contribution in [0, 0.1) is 11.6 Å². The van der Waals surface area contributed by atoms with Gasteiger partial charge in [-0.05, 0) is 24.1 Å². The minimum atomic E-state index is -4.96. The molecule has 0 fully saturated rings. The summed E-state index contributed by atoms with van der Waals surface area (Å²) in [6, 6.07) is 1.64. The first-order valence-corrected chi connectivity index (χ1v) is 7.96.